The van der Waals surface area contributed by atoms with Crippen LogP contribution in [0.4, 0.5) is 0 Å². The van der Waals surface area contributed by atoms with Crippen LogP contribution < -0.4 is 14.9 Å². The molecule has 3 rings (SSSR count). The molecule has 2 aromatic carbocycles. The van der Waals surface area contributed by atoms with E-state index in [9.17, 15) is 19.2 Å². The largest absolute Gasteiger partial charge is 0.497 e. The minimum absolute atomic E-state index is 0.0968. The van der Waals surface area contributed by atoms with Crippen molar-refractivity contribution in [3.8, 4) is 11.5 Å². The number of nitrogens with one attached hydrogen (secondary N) is 1. The van der Waals surface area contributed by atoms with Crippen molar-refractivity contribution in [3.05, 3.63) is 57.6 Å². The zero-order valence-corrected chi connectivity index (χ0v) is 19.2. The molecule has 11 heteroatoms. The SMILES string of the molecule is COc1cc(OC)cc(C(=O)NN2C[C@@H](C(=O)OCC(=O)c3ccc(Cl)cc3Cl)CC2=O)c1. The minimum Gasteiger partial charge on any atom is -0.497 e. The average Bonchev–Trinajstić information content (AvgIpc) is 3.16. The van der Waals surface area contributed by atoms with Gasteiger partial charge in [0.15, 0.2) is 6.61 Å². The quantitative estimate of drug-likeness (QED) is 0.443. The molecule has 1 N–H and O–H groups in total. The monoisotopic (exact) mass is 494 g/mol. The van der Waals surface area contributed by atoms with E-state index in [-0.39, 0.29) is 29.1 Å². The highest BCUT2D eigenvalue weighted by Gasteiger charge is 2.37. The molecule has 0 saturated carbocycles. The van der Waals surface area contributed by atoms with Crippen LogP contribution in [0.15, 0.2) is 36.4 Å². The first-order valence-corrected chi connectivity index (χ1v) is 10.5. The molecule has 2 aromatic rings. The summed E-state index contributed by atoms with van der Waals surface area (Å²) in [6.07, 6.45) is -0.170. The van der Waals surface area contributed by atoms with Gasteiger partial charge in [0.2, 0.25) is 11.7 Å². The zero-order valence-electron chi connectivity index (χ0n) is 17.7. The van der Waals surface area contributed by atoms with Gasteiger partial charge >= 0.3 is 5.97 Å². The summed E-state index contributed by atoms with van der Waals surface area (Å²) in [4.78, 5) is 49.5. The molecule has 1 fully saturated rings. The first-order chi connectivity index (χ1) is 15.7. The molecule has 0 aromatic heterocycles. The third kappa shape index (κ3) is 5.94. The van der Waals surface area contributed by atoms with Gasteiger partial charge < -0.3 is 14.2 Å². The molecule has 0 spiro atoms. The number of ketones is 1. The number of carbonyl (C=O) groups is 4. The lowest BCUT2D eigenvalue weighted by Crippen LogP contribution is -2.43. The van der Waals surface area contributed by atoms with Crippen LogP contribution in [-0.4, -0.2) is 55.9 Å². The number of methoxy groups -OCH3 is 2. The molecule has 174 valence electrons. The van der Waals surface area contributed by atoms with Gasteiger partial charge in [-0.2, -0.15) is 0 Å². The Hall–Kier alpha value is -3.30. The highest BCUT2D eigenvalue weighted by atomic mass is 35.5. The molecule has 1 aliphatic heterocycles. The standard InChI is InChI=1S/C22H20Cl2N2O7/c1-31-15-5-12(6-16(9-15)32-2)21(29)25-26-10-13(7-20(26)28)22(30)33-11-19(27)17-4-3-14(23)8-18(17)24/h3-6,8-9,13H,7,10-11H2,1-2H3,(H,25,29)/t13-/m0/s1. The fourth-order valence-corrected chi connectivity index (χ4v) is 3.66. The Morgan fingerprint density at radius 2 is 1.73 bits per heavy atom. The number of esters is 1. The van der Waals surface area contributed by atoms with Gasteiger partial charge in [-0.1, -0.05) is 23.2 Å². The van der Waals surface area contributed by atoms with Crippen molar-refractivity contribution in [1.29, 1.82) is 0 Å². The summed E-state index contributed by atoms with van der Waals surface area (Å²) in [6.45, 7) is -0.638. The number of Topliss-reactive ketones (excluding diaryl/α,β-unsaturated/α-hetero) is 1. The first-order valence-electron chi connectivity index (χ1n) is 9.71. The lowest BCUT2D eigenvalue weighted by molar-refractivity contribution is -0.147. The predicted molar refractivity (Wildman–Crippen MR) is 119 cm³/mol. The van der Waals surface area contributed by atoms with Crippen LogP contribution in [0, 0.1) is 5.92 Å². The van der Waals surface area contributed by atoms with Crippen molar-refractivity contribution in [1.82, 2.24) is 10.4 Å². The Labute approximate surface area is 199 Å². The van der Waals surface area contributed by atoms with E-state index in [0.29, 0.717) is 16.5 Å². The number of hydrazine groups is 1. The predicted octanol–water partition coefficient (Wildman–Crippen LogP) is 2.93. The second kappa shape index (κ2) is 10.5. The summed E-state index contributed by atoms with van der Waals surface area (Å²) < 4.78 is 15.3. The van der Waals surface area contributed by atoms with Crippen molar-refractivity contribution in [2.75, 3.05) is 27.4 Å². The van der Waals surface area contributed by atoms with Gasteiger partial charge in [0.25, 0.3) is 5.91 Å². The molecule has 0 radical (unpaired) electrons. The summed E-state index contributed by atoms with van der Waals surface area (Å²) in [5, 5.41) is 1.55. The van der Waals surface area contributed by atoms with Crippen LogP contribution in [0.2, 0.25) is 10.0 Å². The number of carbonyl (C=O) groups excluding carboxylic acids is 4. The number of amides is 2. The third-order valence-electron chi connectivity index (χ3n) is 4.89. The van der Waals surface area contributed by atoms with Gasteiger partial charge in [-0.3, -0.25) is 29.6 Å². The number of halogens is 2. The Morgan fingerprint density at radius 3 is 2.33 bits per heavy atom. The second-order valence-electron chi connectivity index (χ2n) is 7.10. The van der Waals surface area contributed by atoms with E-state index in [2.05, 4.69) is 5.43 Å². The number of hydrogen-bond acceptors (Lipinski definition) is 7. The number of hydrogen-bond donors (Lipinski definition) is 1. The molecular weight excluding hydrogens is 475 g/mol. The first kappa shape index (κ1) is 24.3. The summed E-state index contributed by atoms with van der Waals surface area (Å²) in [5.41, 5.74) is 2.83. The maximum Gasteiger partial charge on any atom is 0.311 e. The van der Waals surface area contributed by atoms with E-state index in [4.69, 9.17) is 37.4 Å². The molecule has 2 amide bonds. The van der Waals surface area contributed by atoms with Crippen molar-refractivity contribution in [2.45, 2.75) is 6.42 Å². The Balaban J connectivity index is 1.57. The van der Waals surface area contributed by atoms with Gasteiger partial charge in [-0.25, -0.2) is 0 Å². The maximum absolute atomic E-state index is 12.6. The van der Waals surface area contributed by atoms with Gasteiger partial charge in [0.05, 0.1) is 31.7 Å². The average molecular weight is 495 g/mol. The highest BCUT2D eigenvalue weighted by molar-refractivity contribution is 6.36. The van der Waals surface area contributed by atoms with Crippen LogP contribution in [0.1, 0.15) is 27.1 Å². The van der Waals surface area contributed by atoms with Crippen LogP contribution in [-0.2, 0) is 14.3 Å². The van der Waals surface area contributed by atoms with Gasteiger partial charge in [-0.05, 0) is 30.3 Å². The number of rotatable bonds is 8. The molecule has 0 aliphatic carbocycles. The van der Waals surface area contributed by atoms with Gasteiger partial charge in [0, 0.05) is 28.6 Å². The van der Waals surface area contributed by atoms with E-state index in [1.165, 1.54) is 44.6 Å². The Bertz CT molecular complexity index is 1080. The molecule has 0 bridgehead atoms. The smallest absolute Gasteiger partial charge is 0.311 e. The molecule has 9 nitrogen and oxygen atoms in total. The van der Waals surface area contributed by atoms with Crippen molar-refractivity contribution < 1.29 is 33.4 Å². The van der Waals surface area contributed by atoms with Gasteiger partial charge in [0.1, 0.15) is 11.5 Å². The van der Waals surface area contributed by atoms with Crippen molar-refractivity contribution >= 4 is 46.8 Å². The molecular formula is C22H20Cl2N2O7. The van der Waals surface area contributed by atoms with Crippen LogP contribution >= 0.6 is 23.2 Å². The lowest BCUT2D eigenvalue weighted by atomic mass is 10.1. The maximum atomic E-state index is 12.6. The highest BCUT2D eigenvalue weighted by Crippen LogP contribution is 2.24. The molecule has 1 heterocycles. The summed E-state index contributed by atoms with van der Waals surface area (Å²) in [5.74, 6) is -2.33. The second-order valence-corrected chi connectivity index (χ2v) is 7.95. The minimum atomic E-state index is -0.842. The van der Waals surface area contributed by atoms with Crippen LogP contribution in [0.5, 0.6) is 11.5 Å². The molecule has 33 heavy (non-hydrogen) atoms. The zero-order chi connectivity index (χ0) is 24.1. The normalized spacial score (nSPS) is 15.2. The molecule has 0 unspecified atom stereocenters. The fourth-order valence-electron chi connectivity index (χ4n) is 3.15. The van der Waals surface area contributed by atoms with Crippen molar-refractivity contribution in [2.24, 2.45) is 5.92 Å². The topological polar surface area (TPSA) is 111 Å². The number of nitrogens with zero attached hydrogens (tertiary/aromatic N) is 1. The number of ether oxygens (including phenoxy) is 3. The van der Waals surface area contributed by atoms with E-state index < -0.39 is 36.1 Å². The molecule has 1 atom stereocenters. The van der Waals surface area contributed by atoms with Crippen molar-refractivity contribution in [3.63, 3.8) is 0 Å². The summed E-state index contributed by atoms with van der Waals surface area (Å²) in [7, 11) is 2.89. The fraction of sp³-hybridized carbons (Fsp3) is 0.273. The lowest BCUT2D eigenvalue weighted by Gasteiger charge is -2.18. The third-order valence-corrected chi connectivity index (χ3v) is 5.43. The van der Waals surface area contributed by atoms with Crippen LogP contribution in [0.25, 0.3) is 0 Å². The van der Waals surface area contributed by atoms with Gasteiger partial charge in [-0.15, -0.1) is 0 Å². The van der Waals surface area contributed by atoms with Crippen LogP contribution in [0.3, 0.4) is 0 Å². The Morgan fingerprint density at radius 1 is 1.06 bits per heavy atom. The van der Waals surface area contributed by atoms with E-state index in [1.807, 2.05) is 0 Å². The molecule has 1 aliphatic rings. The van der Waals surface area contributed by atoms with E-state index in [1.54, 1.807) is 6.07 Å². The Kier molecular flexibility index (Phi) is 7.78. The summed E-state index contributed by atoms with van der Waals surface area (Å²) >= 11 is 11.8. The van der Waals surface area contributed by atoms with E-state index in [0.717, 1.165) is 5.01 Å². The summed E-state index contributed by atoms with van der Waals surface area (Å²) in [6, 6.07) is 8.91. The van der Waals surface area contributed by atoms with E-state index >= 15 is 0 Å². The number of benzene rings is 2. The molecule has 1 saturated heterocycles.